The number of rotatable bonds is 3. The zero-order valence-electron chi connectivity index (χ0n) is 12.5. The molecule has 2 amide bonds. The van der Waals surface area contributed by atoms with E-state index in [-0.39, 0.29) is 23.8 Å². The Hall–Kier alpha value is -2.35. The predicted molar refractivity (Wildman–Crippen MR) is 76.3 cm³/mol. The molecule has 0 radical (unpaired) electrons. The van der Waals surface area contributed by atoms with E-state index in [0.29, 0.717) is 24.2 Å². The van der Waals surface area contributed by atoms with Gasteiger partial charge >= 0.3 is 0 Å². The number of methoxy groups -OCH3 is 1. The summed E-state index contributed by atoms with van der Waals surface area (Å²) >= 11 is 0. The highest BCUT2D eigenvalue weighted by molar-refractivity contribution is 5.98. The van der Waals surface area contributed by atoms with Gasteiger partial charge in [0.2, 0.25) is 11.8 Å². The van der Waals surface area contributed by atoms with Crippen molar-refractivity contribution in [2.24, 2.45) is 5.41 Å². The van der Waals surface area contributed by atoms with Crippen LogP contribution >= 0.6 is 0 Å². The fraction of sp³-hybridized carbons (Fsp3) is 0.438. The number of imide groups is 1. The summed E-state index contributed by atoms with van der Waals surface area (Å²) in [6.07, 6.45) is 0.722. The minimum absolute atomic E-state index is 0.162. The molecule has 1 aliphatic heterocycles. The third-order valence-corrected chi connectivity index (χ3v) is 3.59. The lowest BCUT2D eigenvalue weighted by atomic mass is 9.81. The van der Waals surface area contributed by atoms with Crippen molar-refractivity contribution in [1.29, 1.82) is 5.26 Å². The normalized spacial score (nSPS) is 17.5. The van der Waals surface area contributed by atoms with Crippen LogP contribution in [0.5, 0.6) is 5.75 Å². The second-order valence-electron chi connectivity index (χ2n) is 6.04. The summed E-state index contributed by atoms with van der Waals surface area (Å²) in [4.78, 5) is 25.5. The molecule has 2 rings (SSSR count). The zero-order valence-corrected chi connectivity index (χ0v) is 12.5. The largest absolute Gasteiger partial charge is 0.495 e. The molecular weight excluding hydrogens is 268 g/mol. The molecule has 0 saturated carbocycles. The van der Waals surface area contributed by atoms with E-state index in [0.717, 1.165) is 5.56 Å². The maximum atomic E-state index is 12.1. The van der Waals surface area contributed by atoms with Crippen molar-refractivity contribution in [2.75, 3.05) is 7.11 Å². The number of carbonyl (C=O) groups is 2. The molecule has 0 aliphatic carbocycles. The minimum Gasteiger partial charge on any atom is -0.495 e. The van der Waals surface area contributed by atoms with Crippen LogP contribution in [0.4, 0.5) is 0 Å². The molecule has 1 aromatic carbocycles. The quantitative estimate of drug-likeness (QED) is 0.799. The monoisotopic (exact) mass is 286 g/mol. The number of likely N-dealkylation sites (tertiary alicyclic amines) is 1. The molecule has 1 saturated heterocycles. The van der Waals surface area contributed by atoms with Gasteiger partial charge in [-0.2, -0.15) is 5.26 Å². The van der Waals surface area contributed by atoms with Crippen LogP contribution in [0.15, 0.2) is 18.2 Å². The fourth-order valence-electron chi connectivity index (χ4n) is 2.51. The lowest BCUT2D eigenvalue weighted by molar-refractivity contribution is -0.153. The van der Waals surface area contributed by atoms with E-state index in [1.807, 2.05) is 19.9 Å². The van der Waals surface area contributed by atoms with Crippen molar-refractivity contribution in [3.05, 3.63) is 29.3 Å². The number of benzene rings is 1. The number of amides is 2. The van der Waals surface area contributed by atoms with Crippen molar-refractivity contribution in [3.63, 3.8) is 0 Å². The van der Waals surface area contributed by atoms with Crippen LogP contribution in [-0.2, 0) is 16.1 Å². The molecule has 5 nitrogen and oxygen atoms in total. The number of ether oxygens (including phenoxy) is 1. The molecule has 0 spiro atoms. The number of carbonyl (C=O) groups excluding carboxylic acids is 2. The Morgan fingerprint density at radius 1 is 1.29 bits per heavy atom. The Balaban J connectivity index is 2.21. The molecule has 1 aromatic rings. The Bertz CT molecular complexity index is 609. The topological polar surface area (TPSA) is 70.4 Å². The molecule has 0 atom stereocenters. The molecule has 0 N–H and O–H groups in total. The number of hydrogen-bond donors (Lipinski definition) is 0. The van der Waals surface area contributed by atoms with Crippen molar-refractivity contribution in [2.45, 2.75) is 33.2 Å². The maximum absolute atomic E-state index is 12.1. The van der Waals surface area contributed by atoms with Crippen LogP contribution < -0.4 is 4.74 Å². The molecule has 5 heteroatoms. The third-order valence-electron chi connectivity index (χ3n) is 3.59. The standard InChI is InChI=1S/C16H18N2O3/c1-16(2)7-14(19)18(15(20)8-16)10-11-4-5-13(21-3)12(6-11)9-17/h4-6H,7-8,10H2,1-3H3. The number of hydrogen-bond acceptors (Lipinski definition) is 4. The third kappa shape index (κ3) is 3.22. The lowest BCUT2D eigenvalue weighted by Gasteiger charge is -2.34. The van der Waals surface area contributed by atoms with Gasteiger partial charge in [-0.1, -0.05) is 19.9 Å². The summed E-state index contributed by atoms with van der Waals surface area (Å²) in [5.41, 5.74) is 0.864. The summed E-state index contributed by atoms with van der Waals surface area (Å²) in [7, 11) is 1.50. The van der Waals surface area contributed by atoms with Crippen LogP contribution in [0.3, 0.4) is 0 Å². The van der Waals surface area contributed by atoms with E-state index >= 15 is 0 Å². The van der Waals surface area contributed by atoms with E-state index in [1.54, 1.807) is 18.2 Å². The molecule has 1 heterocycles. The summed E-state index contributed by atoms with van der Waals surface area (Å²) in [5.74, 6) is 0.162. The second kappa shape index (κ2) is 5.57. The van der Waals surface area contributed by atoms with Gasteiger partial charge in [-0.25, -0.2) is 0 Å². The first kappa shape index (κ1) is 15.0. The molecule has 0 aromatic heterocycles. The minimum atomic E-state index is -0.275. The smallest absolute Gasteiger partial charge is 0.230 e. The van der Waals surface area contributed by atoms with Gasteiger partial charge in [0, 0.05) is 12.8 Å². The van der Waals surface area contributed by atoms with E-state index in [1.165, 1.54) is 12.0 Å². The number of nitriles is 1. The maximum Gasteiger partial charge on any atom is 0.230 e. The molecule has 110 valence electrons. The summed E-state index contributed by atoms with van der Waals surface area (Å²) in [6.45, 7) is 4.04. The van der Waals surface area contributed by atoms with Gasteiger partial charge in [-0.3, -0.25) is 14.5 Å². The summed E-state index contributed by atoms with van der Waals surface area (Å²) < 4.78 is 5.08. The average Bonchev–Trinajstić information content (AvgIpc) is 2.41. The Morgan fingerprint density at radius 3 is 2.43 bits per heavy atom. The summed E-state index contributed by atoms with van der Waals surface area (Å²) in [6, 6.07) is 7.14. The average molecular weight is 286 g/mol. The van der Waals surface area contributed by atoms with Crippen molar-refractivity contribution < 1.29 is 14.3 Å². The highest BCUT2D eigenvalue weighted by atomic mass is 16.5. The molecule has 1 fully saturated rings. The highest BCUT2D eigenvalue weighted by Crippen LogP contribution is 2.32. The Kier molecular flexibility index (Phi) is 3.99. The van der Waals surface area contributed by atoms with Gasteiger partial charge in [0.25, 0.3) is 0 Å². The van der Waals surface area contributed by atoms with Gasteiger partial charge in [0.05, 0.1) is 19.2 Å². The highest BCUT2D eigenvalue weighted by Gasteiger charge is 2.37. The first-order valence-electron chi connectivity index (χ1n) is 6.76. The lowest BCUT2D eigenvalue weighted by Crippen LogP contribution is -2.45. The van der Waals surface area contributed by atoms with Crippen LogP contribution in [0.25, 0.3) is 0 Å². The predicted octanol–water partition coefficient (Wildman–Crippen LogP) is 2.24. The Labute approximate surface area is 124 Å². The van der Waals surface area contributed by atoms with Crippen LogP contribution in [0.1, 0.15) is 37.8 Å². The van der Waals surface area contributed by atoms with Gasteiger partial charge in [0.1, 0.15) is 11.8 Å². The van der Waals surface area contributed by atoms with E-state index in [4.69, 9.17) is 10.00 Å². The van der Waals surface area contributed by atoms with Crippen molar-refractivity contribution in [1.82, 2.24) is 4.90 Å². The van der Waals surface area contributed by atoms with E-state index in [2.05, 4.69) is 0 Å². The van der Waals surface area contributed by atoms with Crippen LogP contribution in [-0.4, -0.2) is 23.8 Å². The van der Waals surface area contributed by atoms with Gasteiger partial charge in [0.15, 0.2) is 0 Å². The second-order valence-corrected chi connectivity index (χ2v) is 6.04. The van der Waals surface area contributed by atoms with E-state index in [9.17, 15) is 9.59 Å². The van der Waals surface area contributed by atoms with E-state index < -0.39 is 0 Å². The van der Waals surface area contributed by atoms with Gasteiger partial charge < -0.3 is 4.74 Å². The SMILES string of the molecule is COc1ccc(CN2C(=O)CC(C)(C)CC2=O)cc1C#N. The first-order valence-corrected chi connectivity index (χ1v) is 6.76. The van der Waals surface area contributed by atoms with Crippen molar-refractivity contribution >= 4 is 11.8 Å². The van der Waals surface area contributed by atoms with Crippen LogP contribution in [0.2, 0.25) is 0 Å². The first-order chi connectivity index (χ1) is 9.86. The zero-order chi connectivity index (χ0) is 15.6. The van der Waals surface area contributed by atoms with Crippen molar-refractivity contribution in [3.8, 4) is 11.8 Å². The Morgan fingerprint density at radius 2 is 1.90 bits per heavy atom. The molecule has 1 aliphatic rings. The molecule has 0 bridgehead atoms. The molecule has 0 unspecified atom stereocenters. The van der Waals surface area contributed by atoms with Gasteiger partial charge in [-0.05, 0) is 23.1 Å². The molecular formula is C16H18N2O3. The van der Waals surface area contributed by atoms with Gasteiger partial charge in [-0.15, -0.1) is 0 Å². The number of nitrogens with zero attached hydrogens (tertiary/aromatic N) is 2. The van der Waals surface area contributed by atoms with Crippen LogP contribution in [0, 0.1) is 16.7 Å². The number of piperidine rings is 1. The molecule has 21 heavy (non-hydrogen) atoms. The fourth-order valence-corrected chi connectivity index (χ4v) is 2.51. The summed E-state index contributed by atoms with van der Waals surface area (Å²) in [5, 5.41) is 9.07.